The Morgan fingerprint density at radius 1 is 0.512 bits per heavy atom. The van der Waals surface area contributed by atoms with Gasteiger partial charge in [0.2, 0.25) is 0 Å². The highest BCUT2D eigenvalue weighted by molar-refractivity contribution is 6.21. The zero-order valence-electron chi connectivity index (χ0n) is 22.1. The largest absolute Gasteiger partial charge is 0.295 e. The Balaban J connectivity index is 1.41. The van der Waals surface area contributed by atoms with Crippen LogP contribution in [0.1, 0.15) is 5.56 Å². The van der Waals surface area contributed by atoms with Gasteiger partial charge in [0, 0.05) is 29.3 Å². The number of hydrogen-bond donors (Lipinski definition) is 0. The van der Waals surface area contributed by atoms with E-state index in [4.69, 9.17) is 4.98 Å². The van der Waals surface area contributed by atoms with E-state index in [-0.39, 0.29) is 0 Å². The average Bonchev–Trinajstić information content (AvgIpc) is 3.05. The molecule has 2 heterocycles. The zero-order chi connectivity index (χ0) is 27.6. The summed E-state index contributed by atoms with van der Waals surface area (Å²) < 4.78 is 0. The summed E-state index contributed by atoms with van der Waals surface area (Å²) >= 11 is 0. The minimum atomic E-state index is 0.532. The first kappa shape index (κ1) is 24.3. The first-order valence-corrected chi connectivity index (χ1v) is 13.5. The van der Waals surface area contributed by atoms with Crippen LogP contribution in [0.15, 0.2) is 146 Å². The molecule has 2 aromatic heterocycles. The summed E-state index contributed by atoms with van der Waals surface area (Å²) in [4.78, 5) is 11.4. The highest BCUT2D eigenvalue weighted by atomic mass is 15.2. The van der Waals surface area contributed by atoms with Gasteiger partial charge in [-0.1, -0.05) is 84.9 Å². The summed E-state index contributed by atoms with van der Waals surface area (Å²) in [5, 5.41) is 14.0. The van der Waals surface area contributed by atoms with Crippen LogP contribution < -0.4 is 4.90 Å². The van der Waals surface area contributed by atoms with Gasteiger partial charge in [-0.05, 0) is 81.2 Å². The van der Waals surface area contributed by atoms with E-state index in [2.05, 4.69) is 107 Å². The van der Waals surface area contributed by atoms with Crippen LogP contribution in [0.3, 0.4) is 0 Å². The van der Waals surface area contributed by atoms with E-state index in [0.717, 1.165) is 34.0 Å². The highest BCUT2D eigenvalue weighted by Gasteiger charge is 2.18. The monoisotopic (exact) mass is 524 g/mol. The maximum atomic E-state index is 9.27. The van der Waals surface area contributed by atoms with E-state index in [0.29, 0.717) is 5.56 Å². The molecule has 0 radical (unpaired) electrons. The molecular formula is C37H24N4. The third-order valence-electron chi connectivity index (χ3n) is 7.39. The molecule has 41 heavy (non-hydrogen) atoms. The van der Waals surface area contributed by atoms with E-state index in [1.54, 1.807) is 12.3 Å². The minimum Gasteiger partial charge on any atom is -0.295 e. The van der Waals surface area contributed by atoms with Crippen LogP contribution in [-0.2, 0) is 0 Å². The molecule has 0 unspecified atom stereocenters. The molecule has 0 aliphatic heterocycles. The molecule has 7 rings (SSSR count). The Morgan fingerprint density at radius 2 is 1.10 bits per heavy atom. The third-order valence-corrected chi connectivity index (χ3v) is 7.39. The van der Waals surface area contributed by atoms with Gasteiger partial charge in [0.25, 0.3) is 0 Å². The second-order valence-corrected chi connectivity index (χ2v) is 9.79. The van der Waals surface area contributed by atoms with Crippen molar-refractivity contribution < 1.29 is 0 Å². The summed E-state index contributed by atoms with van der Waals surface area (Å²) in [5.41, 5.74) is 6.96. The fourth-order valence-electron chi connectivity index (χ4n) is 5.58. The maximum absolute atomic E-state index is 9.27. The number of hydrogen-bond acceptors (Lipinski definition) is 4. The summed E-state index contributed by atoms with van der Waals surface area (Å²) in [6, 6.07) is 47.9. The Kier molecular flexibility index (Phi) is 6.16. The van der Waals surface area contributed by atoms with Crippen molar-refractivity contribution in [2.75, 3.05) is 4.90 Å². The number of nitrogens with zero attached hydrogens (tertiary/aromatic N) is 4. The molecule has 192 valence electrons. The van der Waals surface area contributed by atoms with Crippen LogP contribution in [-0.4, -0.2) is 9.97 Å². The van der Waals surface area contributed by atoms with Crippen LogP contribution in [0.5, 0.6) is 0 Å². The standard InChI is InChI=1S/C37H24N4/c38-24-26-17-22-35(40-25-26)41(28-10-2-1-3-11-28)29-20-18-27(19-21-29)36-30-12-4-6-14-32(30)37(34-16-8-9-23-39-34)33-15-7-5-13-31(33)36/h1-23,25H. The van der Waals surface area contributed by atoms with Crippen molar-refractivity contribution >= 4 is 38.7 Å². The van der Waals surface area contributed by atoms with Crippen LogP contribution in [0, 0.1) is 11.3 Å². The van der Waals surface area contributed by atoms with E-state index in [9.17, 15) is 5.26 Å². The number of anilines is 3. The van der Waals surface area contributed by atoms with Crippen LogP contribution in [0.25, 0.3) is 43.9 Å². The second-order valence-electron chi connectivity index (χ2n) is 9.79. The van der Waals surface area contributed by atoms with E-state index in [1.165, 1.54) is 27.1 Å². The molecule has 0 saturated heterocycles. The first-order chi connectivity index (χ1) is 20.3. The average molecular weight is 525 g/mol. The van der Waals surface area contributed by atoms with E-state index >= 15 is 0 Å². The molecule has 0 aliphatic carbocycles. The number of para-hydroxylation sites is 1. The predicted octanol–water partition coefficient (Wildman–Crippen LogP) is 9.46. The lowest BCUT2D eigenvalue weighted by Gasteiger charge is -2.24. The molecule has 7 aromatic rings. The number of fused-ring (bicyclic) bond motifs is 2. The Hall–Kier alpha value is -5.79. The van der Waals surface area contributed by atoms with Crippen molar-refractivity contribution in [1.82, 2.24) is 9.97 Å². The number of nitriles is 1. The SMILES string of the molecule is N#Cc1ccc(N(c2ccccc2)c2ccc(-c3c4ccccc4c(-c4ccccn4)c4ccccc34)cc2)nc1. The number of benzene rings is 5. The molecule has 0 N–H and O–H groups in total. The normalized spacial score (nSPS) is 10.9. The number of rotatable bonds is 5. The van der Waals surface area contributed by atoms with Crippen LogP contribution in [0.2, 0.25) is 0 Å². The lowest BCUT2D eigenvalue weighted by Crippen LogP contribution is -2.11. The molecule has 0 bridgehead atoms. The maximum Gasteiger partial charge on any atom is 0.137 e. The van der Waals surface area contributed by atoms with Crippen molar-refractivity contribution in [2.24, 2.45) is 0 Å². The van der Waals surface area contributed by atoms with Gasteiger partial charge in [0.05, 0.1) is 11.3 Å². The summed E-state index contributed by atoms with van der Waals surface area (Å²) in [5.74, 6) is 0.749. The van der Waals surface area contributed by atoms with Crippen molar-refractivity contribution in [1.29, 1.82) is 5.26 Å². The van der Waals surface area contributed by atoms with Crippen molar-refractivity contribution in [3.8, 4) is 28.5 Å². The molecule has 4 nitrogen and oxygen atoms in total. The Bertz CT molecular complexity index is 1970. The van der Waals surface area contributed by atoms with Crippen LogP contribution >= 0.6 is 0 Å². The van der Waals surface area contributed by atoms with E-state index < -0.39 is 0 Å². The fraction of sp³-hybridized carbons (Fsp3) is 0. The van der Waals surface area contributed by atoms with Crippen molar-refractivity contribution in [2.45, 2.75) is 0 Å². The lowest BCUT2D eigenvalue weighted by atomic mass is 9.87. The molecule has 4 heteroatoms. The first-order valence-electron chi connectivity index (χ1n) is 13.5. The van der Waals surface area contributed by atoms with Gasteiger partial charge in [-0.15, -0.1) is 0 Å². The topological polar surface area (TPSA) is 52.8 Å². The van der Waals surface area contributed by atoms with Crippen molar-refractivity contribution in [3.63, 3.8) is 0 Å². The number of aromatic nitrogens is 2. The molecule has 5 aromatic carbocycles. The molecule has 0 amide bonds. The molecule has 0 fully saturated rings. The molecule has 0 spiro atoms. The number of pyridine rings is 2. The summed E-state index contributed by atoms with van der Waals surface area (Å²) in [7, 11) is 0. The smallest absolute Gasteiger partial charge is 0.137 e. The minimum absolute atomic E-state index is 0.532. The van der Waals surface area contributed by atoms with Gasteiger partial charge in [-0.25, -0.2) is 4.98 Å². The van der Waals surface area contributed by atoms with Crippen molar-refractivity contribution in [3.05, 3.63) is 151 Å². The third kappa shape index (κ3) is 4.36. The second kappa shape index (κ2) is 10.4. The summed E-state index contributed by atoms with van der Waals surface area (Å²) in [6.45, 7) is 0. The van der Waals surface area contributed by atoms with Gasteiger partial charge in [0.15, 0.2) is 0 Å². The molecule has 0 atom stereocenters. The molecule has 0 saturated carbocycles. The van der Waals surface area contributed by atoms with Crippen LogP contribution in [0.4, 0.5) is 17.2 Å². The Labute approximate surface area is 238 Å². The summed E-state index contributed by atoms with van der Waals surface area (Å²) in [6.07, 6.45) is 3.47. The Morgan fingerprint density at radius 3 is 1.66 bits per heavy atom. The van der Waals surface area contributed by atoms with Gasteiger partial charge in [-0.3, -0.25) is 9.88 Å². The lowest BCUT2D eigenvalue weighted by molar-refractivity contribution is 1.17. The van der Waals surface area contributed by atoms with Gasteiger partial charge in [-0.2, -0.15) is 5.26 Å². The van der Waals surface area contributed by atoms with Gasteiger partial charge >= 0.3 is 0 Å². The van der Waals surface area contributed by atoms with E-state index in [1.807, 2.05) is 42.6 Å². The van der Waals surface area contributed by atoms with Gasteiger partial charge in [0.1, 0.15) is 11.9 Å². The highest BCUT2D eigenvalue weighted by Crippen LogP contribution is 2.43. The quantitative estimate of drug-likeness (QED) is 0.210. The zero-order valence-corrected chi connectivity index (χ0v) is 22.1. The van der Waals surface area contributed by atoms with Gasteiger partial charge < -0.3 is 0 Å². The predicted molar refractivity (Wildman–Crippen MR) is 167 cm³/mol. The molecular weight excluding hydrogens is 500 g/mol. The molecule has 0 aliphatic rings. The fourth-order valence-corrected chi connectivity index (χ4v) is 5.58.